The van der Waals surface area contributed by atoms with Crippen LogP contribution in [0.15, 0.2) is 64.7 Å². The highest BCUT2D eigenvalue weighted by atomic mass is 35.5. The number of anilines is 1. The van der Waals surface area contributed by atoms with E-state index in [1.54, 1.807) is 29.2 Å². The van der Waals surface area contributed by atoms with Crippen LogP contribution in [0.25, 0.3) is 6.08 Å². The minimum atomic E-state index is -1.12. The zero-order valence-corrected chi connectivity index (χ0v) is 18.6. The van der Waals surface area contributed by atoms with Crippen LogP contribution in [0, 0.1) is 6.92 Å². The number of hydrogen-bond donors (Lipinski definition) is 1. The standard InChI is InChI=1S/C23H21ClN2O4S/c1-3-11-25-23-26(18-7-5-4-6-15(18)2)22(29)20(31-23)14-16-8-9-19(17(24)13-16)30-12-10-21(27)28/h4-10,12-14H,3,11H2,1-2H3,(H,27,28)/b12-10-,20-14+,25-23+. The summed E-state index contributed by atoms with van der Waals surface area (Å²) in [6, 6.07) is 12.7. The Bertz CT molecular complexity index is 1090. The third-order valence-electron chi connectivity index (χ3n) is 4.29. The molecule has 160 valence electrons. The Hall–Kier alpha value is -3.03. The summed E-state index contributed by atoms with van der Waals surface area (Å²) < 4.78 is 5.23. The topological polar surface area (TPSA) is 79.2 Å². The summed E-state index contributed by atoms with van der Waals surface area (Å²) in [5, 5.41) is 9.58. The first kappa shape index (κ1) is 22.7. The Labute approximate surface area is 189 Å². The van der Waals surface area contributed by atoms with E-state index in [-0.39, 0.29) is 5.91 Å². The molecule has 1 saturated heterocycles. The molecule has 0 unspecified atom stereocenters. The molecule has 1 heterocycles. The number of thioether (sulfide) groups is 1. The smallest absolute Gasteiger partial charge is 0.331 e. The number of benzene rings is 2. The Morgan fingerprint density at radius 1 is 1.29 bits per heavy atom. The number of ether oxygens (including phenoxy) is 1. The van der Waals surface area contributed by atoms with Crippen LogP contribution >= 0.6 is 23.4 Å². The zero-order chi connectivity index (χ0) is 22.4. The van der Waals surface area contributed by atoms with Crippen molar-refractivity contribution < 1.29 is 19.4 Å². The number of rotatable bonds is 7. The van der Waals surface area contributed by atoms with Crippen LogP contribution in [0.5, 0.6) is 5.75 Å². The lowest BCUT2D eigenvalue weighted by molar-refractivity contribution is -0.131. The van der Waals surface area contributed by atoms with Gasteiger partial charge in [0.1, 0.15) is 5.75 Å². The molecule has 0 saturated carbocycles. The fourth-order valence-corrected chi connectivity index (χ4v) is 4.06. The lowest BCUT2D eigenvalue weighted by Crippen LogP contribution is -2.29. The molecule has 2 aromatic rings. The second-order valence-corrected chi connectivity index (χ2v) is 8.07. The van der Waals surface area contributed by atoms with Gasteiger partial charge in [-0.1, -0.05) is 42.8 Å². The number of amidine groups is 1. The van der Waals surface area contributed by atoms with Crippen molar-refractivity contribution in [2.45, 2.75) is 20.3 Å². The van der Waals surface area contributed by atoms with Crippen molar-refractivity contribution in [3.8, 4) is 5.75 Å². The monoisotopic (exact) mass is 456 g/mol. The van der Waals surface area contributed by atoms with Gasteiger partial charge in [-0.2, -0.15) is 0 Å². The van der Waals surface area contributed by atoms with Gasteiger partial charge in [-0.3, -0.25) is 14.7 Å². The summed E-state index contributed by atoms with van der Waals surface area (Å²) in [5.74, 6) is -0.943. The molecule has 0 bridgehead atoms. The molecule has 1 fully saturated rings. The van der Waals surface area contributed by atoms with E-state index in [2.05, 4.69) is 4.99 Å². The first-order valence-electron chi connectivity index (χ1n) is 9.60. The van der Waals surface area contributed by atoms with Gasteiger partial charge in [-0.25, -0.2) is 4.79 Å². The molecule has 2 aromatic carbocycles. The molecule has 1 aliphatic rings. The third-order valence-corrected chi connectivity index (χ3v) is 5.59. The van der Waals surface area contributed by atoms with E-state index in [0.29, 0.717) is 27.4 Å². The Balaban J connectivity index is 1.90. The fraction of sp³-hybridized carbons (Fsp3) is 0.174. The lowest BCUT2D eigenvalue weighted by Gasteiger charge is -2.17. The van der Waals surface area contributed by atoms with E-state index >= 15 is 0 Å². The summed E-state index contributed by atoms with van der Waals surface area (Å²) in [6.45, 7) is 4.63. The van der Waals surface area contributed by atoms with Crippen molar-refractivity contribution in [3.63, 3.8) is 0 Å². The maximum atomic E-state index is 13.2. The average Bonchev–Trinajstić information content (AvgIpc) is 3.03. The average molecular weight is 457 g/mol. The third kappa shape index (κ3) is 5.57. The van der Waals surface area contributed by atoms with E-state index in [9.17, 15) is 9.59 Å². The van der Waals surface area contributed by atoms with Crippen LogP contribution in [0.2, 0.25) is 5.02 Å². The Kier molecular flexibility index (Phi) is 7.55. The molecule has 0 aromatic heterocycles. The maximum Gasteiger partial charge on any atom is 0.331 e. The maximum absolute atomic E-state index is 13.2. The van der Waals surface area contributed by atoms with E-state index in [1.165, 1.54) is 11.8 Å². The number of para-hydroxylation sites is 1. The molecule has 31 heavy (non-hydrogen) atoms. The molecule has 8 heteroatoms. The number of carboxylic acid groups (broad SMARTS) is 1. The molecule has 1 N–H and O–H groups in total. The molecule has 1 aliphatic heterocycles. The predicted molar refractivity (Wildman–Crippen MR) is 126 cm³/mol. The summed E-state index contributed by atoms with van der Waals surface area (Å²) in [4.78, 5) is 30.6. The Morgan fingerprint density at radius 2 is 2.06 bits per heavy atom. The van der Waals surface area contributed by atoms with Crippen LogP contribution < -0.4 is 9.64 Å². The van der Waals surface area contributed by atoms with Gasteiger partial charge in [0.25, 0.3) is 5.91 Å². The number of nitrogens with zero attached hydrogens (tertiary/aromatic N) is 2. The largest absolute Gasteiger partial charge is 0.478 e. The number of halogens is 1. The molecule has 6 nitrogen and oxygen atoms in total. The van der Waals surface area contributed by atoms with Gasteiger partial charge >= 0.3 is 5.97 Å². The normalized spacial score (nSPS) is 16.6. The van der Waals surface area contributed by atoms with E-state index in [1.807, 2.05) is 38.1 Å². The number of aliphatic carboxylic acids is 1. The SMILES string of the molecule is CCC/N=C1/S/C(=C/c2ccc(O/C=C\C(=O)O)c(Cl)c2)C(=O)N1c1ccccc1C. The second-order valence-electron chi connectivity index (χ2n) is 6.65. The number of aryl methyl sites for hydroxylation is 1. The van der Waals surface area contributed by atoms with Gasteiger partial charge in [-0.05, 0) is 60.5 Å². The number of carbonyl (C=O) groups is 2. The van der Waals surface area contributed by atoms with Gasteiger partial charge in [0.05, 0.1) is 28.0 Å². The highest BCUT2D eigenvalue weighted by Gasteiger charge is 2.35. The van der Waals surface area contributed by atoms with Crippen molar-refractivity contribution in [2.24, 2.45) is 4.99 Å². The Morgan fingerprint density at radius 3 is 2.74 bits per heavy atom. The lowest BCUT2D eigenvalue weighted by atomic mass is 10.1. The van der Waals surface area contributed by atoms with Crippen LogP contribution in [0.1, 0.15) is 24.5 Å². The number of carboxylic acids is 1. The molecule has 1 amide bonds. The predicted octanol–water partition coefficient (Wildman–Crippen LogP) is 5.51. The van der Waals surface area contributed by atoms with Crippen molar-refractivity contribution in [3.05, 3.63) is 75.9 Å². The molecule has 0 atom stereocenters. The van der Waals surface area contributed by atoms with E-state index in [4.69, 9.17) is 21.4 Å². The minimum absolute atomic E-state index is 0.144. The summed E-state index contributed by atoms with van der Waals surface area (Å²) in [7, 11) is 0. The molecule has 0 aliphatic carbocycles. The quantitative estimate of drug-likeness (QED) is 0.438. The van der Waals surface area contributed by atoms with E-state index < -0.39 is 5.97 Å². The van der Waals surface area contributed by atoms with Gasteiger partial charge in [0.15, 0.2) is 5.17 Å². The van der Waals surface area contributed by atoms with Crippen molar-refractivity contribution in [2.75, 3.05) is 11.4 Å². The second kappa shape index (κ2) is 10.3. The van der Waals surface area contributed by atoms with Crippen LogP contribution in [0.3, 0.4) is 0 Å². The molecule has 0 spiro atoms. The highest BCUT2D eigenvalue weighted by molar-refractivity contribution is 8.19. The molecular formula is C23H21ClN2O4S. The zero-order valence-electron chi connectivity index (χ0n) is 17.0. The summed E-state index contributed by atoms with van der Waals surface area (Å²) in [6.07, 6.45) is 4.56. The molecule has 0 radical (unpaired) electrons. The first-order valence-corrected chi connectivity index (χ1v) is 10.8. The van der Waals surface area contributed by atoms with Crippen molar-refractivity contribution >= 4 is 52.2 Å². The molecular weight excluding hydrogens is 436 g/mol. The number of aliphatic imine (C=N–C) groups is 1. The van der Waals surface area contributed by atoms with Gasteiger partial charge in [0.2, 0.25) is 0 Å². The first-order chi connectivity index (χ1) is 14.9. The fourth-order valence-electron chi connectivity index (χ4n) is 2.83. The number of hydrogen-bond acceptors (Lipinski definition) is 5. The van der Waals surface area contributed by atoms with Crippen LogP contribution in [-0.2, 0) is 9.59 Å². The molecule has 3 rings (SSSR count). The number of carbonyl (C=O) groups excluding carboxylic acids is 1. The van der Waals surface area contributed by atoms with Crippen LogP contribution in [-0.4, -0.2) is 28.7 Å². The van der Waals surface area contributed by atoms with E-state index in [0.717, 1.165) is 35.6 Å². The van der Waals surface area contributed by atoms with Crippen molar-refractivity contribution in [1.82, 2.24) is 0 Å². The van der Waals surface area contributed by atoms with Gasteiger partial charge in [0, 0.05) is 6.54 Å². The van der Waals surface area contributed by atoms with Crippen LogP contribution in [0.4, 0.5) is 5.69 Å². The summed E-state index contributed by atoms with van der Waals surface area (Å²) in [5.41, 5.74) is 2.52. The number of amides is 1. The van der Waals surface area contributed by atoms with Gasteiger partial charge < -0.3 is 9.84 Å². The minimum Gasteiger partial charge on any atom is -0.478 e. The van der Waals surface area contributed by atoms with Gasteiger partial charge in [-0.15, -0.1) is 0 Å². The van der Waals surface area contributed by atoms with Crippen molar-refractivity contribution in [1.29, 1.82) is 0 Å². The highest BCUT2D eigenvalue weighted by Crippen LogP contribution is 2.38. The summed E-state index contributed by atoms with van der Waals surface area (Å²) >= 11 is 7.58.